The largest absolute Gasteiger partial charge is 0.506 e. The van der Waals surface area contributed by atoms with Crippen molar-refractivity contribution in [2.24, 2.45) is 0 Å². The molecule has 4 N–H and O–H groups in total. The Labute approximate surface area is 103 Å². The molecule has 3 aromatic rings. The van der Waals surface area contributed by atoms with Crippen molar-refractivity contribution in [2.45, 2.75) is 0 Å². The van der Waals surface area contributed by atoms with Crippen LogP contribution in [0.15, 0.2) is 42.9 Å². The van der Waals surface area contributed by atoms with Crippen molar-refractivity contribution in [1.82, 2.24) is 14.4 Å². The summed E-state index contributed by atoms with van der Waals surface area (Å²) < 4.78 is 1.77. The monoisotopic (exact) mass is 241 g/mol. The summed E-state index contributed by atoms with van der Waals surface area (Å²) in [6, 6.07) is 6.95. The summed E-state index contributed by atoms with van der Waals surface area (Å²) in [7, 11) is 0. The van der Waals surface area contributed by atoms with Gasteiger partial charge in [-0.05, 0) is 12.1 Å². The molecule has 0 atom stereocenters. The fourth-order valence-electron chi connectivity index (χ4n) is 1.74. The number of phenolic OH excluding ortho intramolecular Hbond substituents is 1. The Morgan fingerprint density at radius 1 is 1.22 bits per heavy atom. The first-order valence-electron chi connectivity index (χ1n) is 5.38. The number of hydrogen-bond donors (Lipinski definition) is 3. The molecule has 6 heteroatoms. The molecule has 0 aliphatic heterocycles. The van der Waals surface area contributed by atoms with E-state index in [1.54, 1.807) is 41.2 Å². The van der Waals surface area contributed by atoms with Gasteiger partial charge in [0, 0.05) is 12.4 Å². The molecule has 0 fully saturated rings. The van der Waals surface area contributed by atoms with Gasteiger partial charge in [-0.3, -0.25) is 4.40 Å². The maximum Gasteiger partial charge on any atom is 0.212 e. The van der Waals surface area contributed by atoms with E-state index < -0.39 is 0 Å². The Balaban J connectivity index is 2.06. The minimum absolute atomic E-state index is 0.163. The first-order valence-corrected chi connectivity index (χ1v) is 5.38. The highest BCUT2D eigenvalue weighted by Gasteiger charge is 2.07. The molecule has 0 spiro atoms. The lowest BCUT2D eigenvalue weighted by Crippen LogP contribution is -1.99. The summed E-state index contributed by atoms with van der Waals surface area (Å²) in [6.07, 6.45) is 4.98. The van der Waals surface area contributed by atoms with Gasteiger partial charge < -0.3 is 16.2 Å². The van der Waals surface area contributed by atoms with Crippen molar-refractivity contribution < 1.29 is 5.11 Å². The lowest BCUT2D eigenvalue weighted by molar-refractivity contribution is 0.477. The number of benzene rings is 1. The van der Waals surface area contributed by atoms with Crippen molar-refractivity contribution in [3.8, 4) is 5.75 Å². The van der Waals surface area contributed by atoms with Gasteiger partial charge in [0.15, 0.2) is 0 Å². The maximum atomic E-state index is 9.70. The van der Waals surface area contributed by atoms with Crippen LogP contribution in [0.1, 0.15) is 0 Å². The lowest BCUT2D eigenvalue weighted by atomic mass is 10.3. The normalized spacial score (nSPS) is 10.7. The number of nitrogens with zero attached hydrogens (tertiary/aromatic N) is 3. The average molecular weight is 241 g/mol. The van der Waals surface area contributed by atoms with Gasteiger partial charge in [-0.1, -0.05) is 12.1 Å². The summed E-state index contributed by atoms with van der Waals surface area (Å²) in [6.45, 7) is 0. The molecule has 18 heavy (non-hydrogen) atoms. The molecule has 0 bridgehead atoms. The number of fused-ring (bicyclic) bond motifs is 1. The number of nitrogen functional groups attached to an aromatic ring is 1. The number of para-hydroxylation sites is 2. The third kappa shape index (κ3) is 1.60. The van der Waals surface area contributed by atoms with Gasteiger partial charge in [0.2, 0.25) is 5.95 Å². The highest BCUT2D eigenvalue weighted by molar-refractivity contribution is 5.70. The summed E-state index contributed by atoms with van der Waals surface area (Å²) in [5.41, 5.74) is 7.05. The Morgan fingerprint density at radius 2 is 2.06 bits per heavy atom. The van der Waals surface area contributed by atoms with Gasteiger partial charge >= 0.3 is 0 Å². The lowest BCUT2D eigenvalue weighted by Gasteiger charge is -2.07. The highest BCUT2D eigenvalue weighted by atomic mass is 16.3. The molecular weight excluding hydrogens is 230 g/mol. The molecule has 1 aromatic carbocycles. The number of rotatable bonds is 2. The van der Waals surface area contributed by atoms with Crippen LogP contribution in [0.3, 0.4) is 0 Å². The minimum atomic E-state index is 0.163. The van der Waals surface area contributed by atoms with Gasteiger partial charge in [0.1, 0.15) is 17.1 Å². The van der Waals surface area contributed by atoms with Gasteiger partial charge in [0.25, 0.3) is 0 Å². The second kappa shape index (κ2) is 3.92. The average Bonchev–Trinajstić information content (AvgIpc) is 2.77. The predicted molar refractivity (Wildman–Crippen MR) is 68.8 cm³/mol. The van der Waals surface area contributed by atoms with E-state index in [-0.39, 0.29) is 5.75 Å². The number of nitrogens with one attached hydrogen (secondary N) is 1. The summed E-state index contributed by atoms with van der Waals surface area (Å²) in [5, 5.41) is 12.7. The molecule has 0 aliphatic carbocycles. The van der Waals surface area contributed by atoms with Crippen LogP contribution in [0.4, 0.5) is 17.5 Å². The zero-order valence-corrected chi connectivity index (χ0v) is 9.41. The van der Waals surface area contributed by atoms with Crippen molar-refractivity contribution in [3.05, 3.63) is 42.9 Å². The van der Waals surface area contributed by atoms with Crippen LogP contribution in [0.25, 0.3) is 5.52 Å². The first kappa shape index (κ1) is 10.4. The smallest absolute Gasteiger partial charge is 0.212 e. The van der Waals surface area contributed by atoms with E-state index in [1.165, 1.54) is 0 Å². The molecule has 0 amide bonds. The molecule has 2 heterocycles. The number of aromatic hydroxyl groups is 1. The third-order valence-electron chi connectivity index (χ3n) is 2.64. The first-order chi connectivity index (χ1) is 8.75. The predicted octanol–water partition coefficient (Wildman–Crippen LogP) is 1.76. The van der Waals surface area contributed by atoms with Crippen molar-refractivity contribution in [2.75, 3.05) is 11.1 Å². The van der Waals surface area contributed by atoms with Gasteiger partial charge in [-0.15, -0.1) is 0 Å². The number of imidazole rings is 1. The molecule has 0 aliphatic rings. The molecule has 0 unspecified atom stereocenters. The Kier molecular flexibility index (Phi) is 2.26. The van der Waals surface area contributed by atoms with Crippen LogP contribution in [0.5, 0.6) is 5.75 Å². The molecule has 2 aromatic heterocycles. The van der Waals surface area contributed by atoms with Crippen LogP contribution in [-0.2, 0) is 0 Å². The second-order valence-corrected chi connectivity index (χ2v) is 3.79. The van der Waals surface area contributed by atoms with Gasteiger partial charge in [-0.25, -0.2) is 9.97 Å². The Morgan fingerprint density at radius 3 is 2.89 bits per heavy atom. The summed E-state index contributed by atoms with van der Waals surface area (Å²) in [5.74, 6) is 1.15. The second-order valence-electron chi connectivity index (χ2n) is 3.79. The number of nitrogens with two attached hydrogens (primary N) is 1. The SMILES string of the molecule is Nc1nccn2c(Nc3ccccc3O)ncc12. The van der Waals surface area contributed by atoms with E-state index in [0.717, 1.165) is 5.52 Å². The molecule has 0 radical (unpaired) electrons. The third-order valence-corrected chi connectivity index (χ3v) is 2.64. The maximum absolute atomic E-state index is 9.70. The van der Waals surface area contributed by atoms with Crippen LogP contribution in [0, 0.1) is 0 Å². The van der Waals surface area contributed by atoms with E-state index in [4.69, 9.17) is 5.73 Å². The van der Waals surface area contributed by atoms with E-state index in [9.17, 15) is 5.11 Å². The van der Waals surface area contributed by atoms with Gasteiger partial charge in [0.05, 0.1) is 11.9 Å². The van der Waals surface area contributed by atoms with Crippen molar-refractivity contribution >= 4 is 23.0 Å². The van der Waals surface area contributed by atoms with E-state index in [0.29, 0.717) is 17.5 Å². The number of anilines is 3. The Hall–Kier alpha value is -2.76. The molecule has 0 saturated carbocycles. The minimum Gasteiger partial charge on any atom is -0.506 e. The fourth-order valence-corrected chi connectivity index (χ4v) is 1.74. The van der Waals surface area contributed by atoms with Crippen molar-refractivity contribution in [3.63, 3.8) is 0 Å². The molecule has 6 nitrogen and oxygen atoms in total. The zero-order valence-electron chi connectivity index (χ0n) is 9.41. The number of phenols is 1. The van der Waals surface area contributed by atoms with Crippen LogP contribution >= 0.6 is 0 Å². The summed E-state index contributed by atoms with van der Waals surface area (Å²) >= 11 is 0. The fraction of sp³-hybridized carbons (Fsp3) is 0. The van der Waals surface area contributed by atoms with E-state index in [2.05, 4.69) is 15.3 Å². The Bertz CT molecular complexity index is 707. The van der Waals surface area contributed by atoms with Crippen LogP contribution in [-0.4, -0.2) is 19.5 Å². The van der Waals surface area contributed by atoms with Crippen molar-refractivity contribution in [1.29, 1.82) is 0 Å². The number of aromatic nitrogens is 3. The van der Waals surface area contributed by atoms with Crippen LogP contribution < -0.4 is 11.1 Å². The molecule has 3 rings (SSSR count). The topological polar surface area (TPSA) is 88.5 Å². The van der Waals surface area contributed by atoms with E-state index >= 15 is 0 Å². The molecule has 90 valence electrons. The van der Waals surface area contributed by atoms with Crippen LogP contribution in [0.2, 0.25) is 0 Å². The van der Waals surface area contributed by atoms with E-state index in [1.807, 2.05) is 6.07 Å². The highest BCUT2D eigenvalue weighted by Crippen LogP contribution is 2.26. The molecular formula is C12H11N5O. The van der Waals surface area contributed by atoms with Gasteiger partial charge in [-0.2, -0.15) is 0 Å². The molecule has 0 saturated heterocycles. The quantitative estimate of drug-likeness (QED) is 0.595. The number of hydrogen-bond acceptors (Lipinski definition) is 5. The standard InChI is InChI=1S/C12H11N5O/c13-11-9-7-15-12(17(9)6-5-14-11)16-8-3-1-2-4-10(8)18/h1-7,18H,(H2,13,14)(H,15,16). The summed E-state index contributed by atoms with van der Waals surface area (Å²) in [4.78, 5) is 8.20. The zero-order chi connectivity index (χ0) is 12.5.